The predicted molar refractivity (Wildman–Crippen MR) is 72.8 cm³/mol. The molecule has 1 N–H and O–H groups in total. The Morgan fingerprint density at radius 2 is 2.11 bits per heavy atom. The molecule has 1 fully saturated rings. The molecule has 2 atom stereocenters. The molecule has 19 heavy (non-hydrogen) atoms. The third-order valence-electron chi connectivity index (χ3n) is 3.52. The molecular formula is C13H18FNO3S. The maximum Gasteiger partial charge on any atom is 0.152 e. The van der Waals surface area contributed by atoms with Crippen molar-refractivity contribution < 1.29 is 17.5 Å². The van der Waals surface area contributed by atoms with Crippen LogP contribution in [0.4, 0.5) is 10.1 Å². The molecular weight excluding hydrogens is 269 g/mol. The minimum atomic E-state index is -3.12. The summed E-state index contributed by atoms with van der Waals surface area (Å²) in [5.41, 5.74) is 0.292. The summed E-state index contributed by atoms with van der Waals surface area (Å²) in [6.07, 6.45) is 3.43. The topological polar surface area (TPSA) is 55.4 Å². The molecule has 1 aliphatic rings. The minimum Gasteiger partial charge on any atom is -0.497 e. The van der Waals surface area contributed by atoms with Gasteiger partial charge in [0.25, 0.3) is 0 Å². The van der Waals surface area contributed by atoms with Gasteiger partial charge in [0, 0.05) is 18.4 Å². The van der Waals surface area contributed by atoms with Crippen LogP contribution in [0.2, 0.25) is 0 Å². The largest absolute Gasteiger partial charge is 0.497 e. The van der Waals surface area contributed by atoms with Crippen molar-refractivity contribution in [2.24, 2.45) is 0 Å². The Morgan fingerprint density at radius 3 is 2.74 bits per heavy atom. The number of hydrogen-bond donors (Lipinski definition) is 1. The second kappa shape index (κ2) is 5.36. The molecule has 0 heterocycles. The summed E-state index contributed by atoms with van der Waals surface area (Å²) in [5.74, 6) is 0.137. The number of anilines is 1. The van der Waals surface area contributed by atoms with Crippen LogP contribution in [0.15, 0.2) is 18.2 Å². The second-order valence-electron chi connectivity index (χ2n) is 4.90. The number of rotatable bonds is 4. The van der Waals surface area contributed by atoms with Crippen LogP contribution in [0.25, 0.3) is 0 Å². The quantitative estimate of drug-likeness (QED) is 0.922. The molecule has 4 nitrogen and oxygen atoms in total. The molecule has 0 spiro atoms. The van der Waals surface area contributed by atoms with Crippen molar-refractivity contribution in [3.63, 3.8) is 0 Å². The number of halogens is 1. The highest BCUT2D eigenvalue weighted by Crippen LogP contribution is 2.30. The third-order valence-corrected chi connectivity index (χ3v) is 5.18. The lowest BCUT2D eigenvalue weighted by molar-refractivity contribution is 0.414. The number of benzene rings is 1. The van der Waals surface area contributed by atoms with Crippen LogP contribution in [0, 0.1) is 5.82 Å². The fourth-order valence-electron chi connectivity index (χ4n) is 2.55. The van der Waals surface area contributed by atoms with Crippen LogP contribution in [-0.2, 0) is 9.84 Å². The van der Waals surface area contributed by atoms with Gasteiger partial charge in [-0.15, -0.1) is 0 Å². The van der Waals surface area contributed by atoms with Crippen LogP contribution < -0.4 is 10.1 Å². The molecule has 0 saturated heterocycles. The SMILES string of the molecule is COc1ccc(F)c(NC2CCCC2S(C)(=O)=O)c1. The van der Waals surface area contributed by atoms with Gasteiger partial charge in [-0.25, -0.2) is 12.8 Å². The van der Waals surface area contributed by atoms with Gasteiger partial charge in [0.2, 0.25) is 0 Å². The molecule has 0 amide bonds. The number of ether oxygens (including phenoxy) is 1. The number of sulfone groups is 1. The summed E-state index contributed by atoms with van der Waals surface area (Å²) < 4.78 is 42.1. The first kappa shape index (κ1) is 14.1. The van der Waals surface area contributed by atoms with Gasteiger partial charge in [0.15, 0.2) is 9.84 Å². The second-order valence-corrected chi connectivity index (χ2v) is 7.16. The maximum atomic E-state index is 13.7. The van der Waals surface area contributed by atoms with Gasteiger partial charge in [-0.3, -0.25) is 0 Å². The molecule has 1 aromatic carbocycles. The van der Waals surface area contributed by atoms with E-state index in [1.54, 1.807) is 6.07 Å². The van der Waals surface area contributed by atoms with Crippen molar-refractivity contribution in [2.45, 2.75) is 30.6 Å². The Kier molecular flexibility index (Phi) is 3.99. The van der Waals surface area contributed by atoms with E-state index in [0.29, 0.717) is 17.9 Å². The molecule has 1 saturated carbocycles. The van der Waals surface area contributed by atoms with Gasteiger partial charge in [-0.1, -0.05) is 0 Å². The highest BCUT2D eigenvalue weighted by molar-refractivity contribution is 7.91. The van der Waals surface area contributed by atoms with E-state index in [-0.39, 0.29) is 6.04 Å². The molecule has 6 heteroatoms. The zero-order chi connectivity index (χ0) is 14.0. The summed E-state index contributed by atoms with van der Waals surface area (Å²) in [4.78, 5) is 0. The standard InChI is InChI=1S/C13H18FNO3S/c1-18-9-6-7-10(14)12(8-9)15-11-4-3-5-13(11)19(2,16)17/h6-8,11,13,15H,3-5H2,1-2H3. The average molecular weight is 287 g/mol. The monoisotopic (exact) mass is 287 g/mol. The van der Waals surface area contributed by atoms with Gasteiger partial charge in [-0.2, -0.15) is 0 Å². The Balaban J connectivity index is 2.21. The summed E-state index contributed by atoms with van der Waals surface area (Å²) in [6.45, 7) is 0. The van der Waals surface area contributed by atoms with E-state index in [4.69, 9.17) is 4.74 Å². The van der Waals surface area contributed by atoms with E-state index in [0.717, 1.165) is 12.8 Å². The molecule has 106 valence electrons. The van der Waals surface area contributed by atoms with Crippen molar-refractivity contribution in [1.29, 1.82) is 0 Å². The van der Waals surface area contributed by atoms with E-state index < -0.39 is 20.9 Å². The number of methoxy groups -OCH3 is 1. The van der Waals surface area contributed by atoms with E-state index in [1.165, 1.54) is 25.5 Å². The maximum absolute atomic E-state index is 13.7. The number of hydrogen-bond acceptors (Lipinski definition) is 4. The van der Waals surface area contributed by atoms with Crippen LogP contribution in [0.5, 0.6) is 5.75 Å². The zero-order valence-electron chi connectivity index (χ0n) is 11.0. The summed E-state index contributed by atoms with van der Waals surface area (Å²) in [7, 11) is -1.61. The fraction of sp³-hybridized carbons (Fsp3) is 0.538. The van der Waals surface area contributed by atoms with Crippen LogP contribution >= 0.6 is 0 Å². The van der Waals surface area contributed by atoms with Crippen LogP contribution in [-0.4, -0.2) is 33.1 Å². The Labute approximate surface area is 112 Å². The van der Waals surface area contributed by atoms with Gasteiger partial charge in [-0.05, 0) is 31.4 Å². The smallest absolute Gasteiger partial charge is 0.152 e. The first-order valence-electron chi connectivity index (χ1n) is 6.21. The molecule has 1 aliphatic carbocycles. The van der Waals surface area contributed by atoms with Gasteiger partial charge < -0.3 is 10.1 Å². The van der Waals surface area contributed by atoms with E-state index >= 15 is 0 Å². The first-order chi connectivity index (χ1) is 8.91. The fourth-order valence-corrected chi connectivity index (χ4v) is 3.94. The van der Waals surface area contributed by atoms with E-state index in [2.05, 4.69) is 5.32 Å². The van der Waals surface area contributed by atoms with Crippen molar-refractivity contribution in [3.05, 3.63) is 24.0 Å². The summed E-state index contributed by atoms with van der Waals surface area (Å²) in [5, 5.41) is 2.56. The van der Waals surface area contributed by atoms with E-state index in [9.17, 15) is 12.8 Å². The predicted octanol–water partition coefficient (Wildman–Crippen LogP) is 2.21. The Morgan fingerprint density at radius 1 is 1.37 bits per heavy atom. The van der Waals surface area contributed by atoms with Crippen molar-refractivity contribution in [2.75, 3.05) is 18.7 Å². The third kappa shape index (κ3) is 3.18. The zero-order valence-corrected chi connectivity index (χ0v) is 11.8. The lowest BCUT2D eigenvalue weighted by Crippen LogP contribution is -2.34. The summed E-state index contributed by atoms with van der Waals surface area (Å²) >= 11 is 0. The lowest BCUT2D eigenvalue weighted by atomic mass is 10.2. The lowest BCUT2D eigenvalue weighted by Gasteiger charge is -2.21. The van der Waals surface area contributed by atoms with Crippen molar-refractivity contribution in [3.8, 4) is 5.75 Å². The molecule has 0 aromatic heterocycles. The van der Waals surface area contributed by atoms with Crippen molar-refractivity contribution in [1.82, 2.24) is 0 Å². The van der Waals surface area contributed by atoms with Crippen molar-refractivity contribution >= 4 is 15.5 Å². The minimum absolute atomic E-state index is 0.239. The highest BCUT2D eigenvalue weighted by Gasteiger charge is 2.35. The van der Waals surface area contributed by atoms with Gasteiger partial charge in [0.05, 0.1) is 18.0 Å². The molecule has 0 aliphatic heterocycles. The summed E-state index contributed by atoms with van der Waals surface area (Å²) in [6, 6.07) is 4.15. The Hall–Kier alpha value is -1.30. The molecule has 2 rings (SSSR count). The van der Waals surface area contributed by atoms with E-state index in [1.807, 2.05) is 0 Å². The van der Waals surface area contributed by atoms with Gasteiger partial charge in [0.1, 0.15) is 11.6 Å². The number of nitrogens with one attached hydrogen (secondary N) is 1. The van der Waals surface area contributed by atoms with Crippen LogP contribution in [0.1, 0.15) is 19.3 Å². The Bertz CT molecular complexity index is 559. The molecule has 0 radical (unpaired) electrons. The average Bonchev–Trinajstić information content (AvgIpc) is 2.80. The van der Waals surface area contributed by atoms with Gasteiger partial charge >= 0.3 is 0 Å². The highest BCUT2D eigenvalue weighted by atomic mass is 32.2. The first-order valence-corrected chi connectivity index (χ1v) is 8.16. The molecule has 2 unspecified atom stereocenters. The van der Waals surface area contributed by atoms with Crippen LogP contribution in [0.3, 0.4) is 0 Å². The molecule has 1 aromatic rings. The normalized spacial score (nSPS) is 23.3. The molecule has 0 bridgehead atoms.